The van der Waals surface area contributed by atoms with E-state index in [0.717, 1.165) is 6.42 Å². The minimum atomic E-state index is -1.16. The molecule has 2 atom stereocenters. The number of alkyl halides is 1. The third kappa shape index (κ3) is 3.51. The first-order chi connectivity index (χ1) is 9.32. The zero-order valence-corrected chi connectivity index (χ0v) is 12.5. The number of hydrogen-bond acceptors (Lipinski definition) is 3. The number of amides is 1. The molecule has 1 amide bonds. The summed E-state index contributed by atoms with van der Waals surface area (Å²) in [7, 11) is 0. The second kappa shape index (κ2) is 5.72. The van der Waals surface area contributed by atoms with Crippen LogP contribution in [0.3, 0.4) is 0 Å². The summed E-state index contributed by atoms with van der Waals surface area (Å²) in [6.07, 6.45) is 4.38. The van der Waals surface area contributed by atoms with Gasteiger partial charge in [0.05, 0.1) is 13.2 Å². The van der Waals surface area contributed by atoms with Gasteiger partial charge in [-0.05, 0) is 40.0 Å². The summed E-state index contributed by atoms with van der Waals surface area (Å²) in [5, 5.41) is 0. The first-order valence-electron chi connectivity index (χ1n) is 7.23. The predicted molar refractivity (Wildman–Crippen MR) is 74.4 cm³/mol. The van der Waals surface area contributed by atoms with Gasteiger partial charge in [0.15, 0.2) is 0 Å². The van der Waals surface area contributed by atoms with Gasteiger partial charge in [0.1, 0.15) is 17.4 Å². The molecule has 2 aliphatic rings. The number of likely N-dealkylation sites (tertiary alicyclic amines) is 1. The Morgan fingerprint density at radius 1 is 1.40 bits per heavy atom. The highest BCUT2D eigenvalue weighted by molar-refractivity contribution is 5.68. The zero-order chi connectivity index (χ0) is 14.8. The van der Waals surface area contributed by atoms with Crippen LogP contribution in [0.25, 0.3) is 0 Å². The van der Waals surface area contributed by atoms with Crippen LogP contribution in [-0.2, 0) is 9.47 Å². The number of piperidine rings is 1. The number of carbonyl (C=O) groups is 1. The number of rotatable bonds is 0. The number of nitrogens with zero attached hydrogens (tertiary/aromatic N) is 1. The van der Waals surface area contributed by atoms with Crippen molar-refractivity contribution in [3.8, 4) is 0 Å². The quantitative estimate of drug-likeness (QED) is 0.642. The Balaban J connectivity index is 1.96. The van der Waals surface area contributed by atoms with E-state index >= 15 is 0 Å². The van der Waals surface area contributed by atoms with Crippen LogP contribution in [0.5, 0.6) is 0 Å². The molecule has 20 heavy (non-hydrogen) atoms. The molecule has 0 N–H and O–H groups in total. The first kappa shape index (κ1) is 15.3. The van der Waals surface area contributed by atoms with Crippen molar-refractivity contribution >= 4 is 6.09 Å². The number of hydrogen-bond donors (Lipinski definition) is 0. The predicted octanol–water partition coefficient (Wildman–Crippen LogP) is 3.07. The highest BCUT2D eigenvalue weighted by Crippen LogP contribution is 2.35. The third-order valence-corrected chi connectivity index (χ3v) is 3.78. The lowest BCUT2D eigenvalue weighted by atomic mass is 9.85. The fourth-order valence-corrected chi connectivity index (χ4v) is 2.67. The van der Waals surface area contributed by atoms with Gasteiger partial charge in [0, 0.05) is 6.54 Å². The van der Waals surface area contributed by atoms with Crippen molar-refractivity contribution in [3.63, 3.8) is 0 Å². The van der Waals surface area contributed by atoms with Gasteiger partial charge in [-0.15, -0.1) is 0 Å². The maximum atomic E-state index is 14.5. The molecule has 0 aromatic rings. The molecule has 0 aromatic carbocycles. The minimum Gasteiger partial charge on any atom is -0.444 e. The highest BCUT2D eigenvalue weighted by atomic mass is 19.1. The molecule has 1 spiro atoms. The molecule has 0 saturated carbocycles. The van der Waals surface area contributed by atoms with Crippen molar-refractivity contribution in [1.29, 1.82) is 0 Å². The van der Waals surface area contributed by atoms with Crippen molar-refractivity contribution in [3.05, 3.63) is 12.2 Å². The van der Waals surface area contributed by atoms with Crippen molar-refractivity contribution in [2.45, 2.75) is 57.4 Å². The van der Waals surface area contributed by atoms with E-state index in [1.165, 1.54) is 4.90 Å². The fourth-order valence-electron chi connectivity index (χ4n) is 2.67. The summed E-state index contributed by atoms with van der Waals surface area (Å²) in [6.45, 7) is 6.41. The van der Waals surface area contributed by atoms with Crippen LogP contribution in [0, 0.1) is 0 Å². The van der Waals surface area contributed by atoms with E-state index in [1.807, 2.05) is 32.9 Å². The van der Waals surface area contributed by atoms with Gasteiger partial charge in [-0.1, -0.05) is 12.2 Å². The molecule has 1 saturated heterocycles. The van der Waals surface area contributed by atoms with E-state index in [1.54, 1.807) is 0 Å². The average molecular weight is 285 g/mol. The van der Waals surface area contributed by atoms with E-state index in [2.05, 4.69) is 0 Å². The molecular formula is C15H24FNO3. The minimum absolute atomic E-state index is 0.0505. The van der Waals surface area contributed by atoms with Gasteiger partial charge < -0.3 is 14.4 Å². The molecule has 2 rings (SSSR count). The number of carbonyl (C=O) groups excluding carboxylic acids is 1. The SMILES string of the molecule is CC(C)(C)OC(=O)N1CC[C@]2(CCC=CCO2)[C@@H](F)C1. The number of allylic oxidation sites excluding steroid dienone is 1. The fraction of sp³-hybridized carbons (Fsp3) is 0.800. The molecule has 4 nitrogen and oxygen atoms in total. The maximum Gasteiger partial charge on any atom is 0.410 e. The molecule has 0 unspecified atom stereocenters. The van der Waals surface area contributed by atoms with Crippen LogP contribution in [0.4, 0.5) is 9.18 Å². The summed E-state index contributed by atoms with van der Waals surface area (Å²) >= 11 is 0. The summed E-state index contributed by atoms with van der Waals surface area (Å²) in [4.78, 5) is 13.4. The Morgan fingerprint density at radius 3 is 2.80 bits per heavy atom. The Kier molecular flexibility index (Phi) is 4.37. The average Bonchev–Trinajstić information content (AvgIpc) is 2.57. The lowest BCUT2D eigenvalue weighted by Gasteiger charge is -2.43. The van der Waals surface area contributed by atoms with Crippen LogP contribution in [0.15, 0.2) is 12.2 Å². The molecule has 114 valence electrons. The number of halogens is 1. The molecule has 5 heteroatoms. The molecule has 1 fully saturated rings. The monoisotopic (exact) mass is 285 g/mol. The van der Waals surface area contributed by atoms with Gasteiger partial charge in [-0.3, -0.25) is 0 Å². The van der Waals surface area contributed by atoms with Crippen molar-refractivity contribution < 1.29 is 18.7 Å². The summed E-state index contributed by atoms with van der Waals surface area (Å²) in [5.74, 6) is 0. The number of ether oxygens (including phenoxy) is 2. The summed E-state index contributed by atoms with van der Waals surface area (Å²) in [5.41, 5.74) is -1.29. The van der Waals surface area contributed by atoms with E-state index < -0.39 is 23.5 Å². The normalized spacial score (nSPS) is 31.2. The second-order valence-corrected chi connectivity index (χ2v) is 6.53. The van der Waals surface area contributed by atoms with E-state index in [0.29, 0.717) is 26.0 Å². The molecule has 2 aliphatic heterocycles. The smallest absolute Gasteiger partial charge is 0.410 e. The van der Waals surface area contributed by atoms with Crippen LogP contribution >= 0.6 is 0 Å². The first-order valence-corrected chi connectivity index (χ1v) is 7.23. The Morgan fingerprint density at radius 2 is 2.15 bits per heavy atom. The lowest BCUT2D eigenvalue weighted by molar-refractivity contribution is -0.123. The van der Waals surface area contributed by atoms with E-state index in [-0.39, 0.29) is 6.54 Å². The van der Waals surface area contributed by atoms with Gasteiger partial charge in [-0.2, -0.15) is 0 Å². The largest absolute Gasteiger partial charge is 0.444 e. The molecule has 0 radical (unpaired) electrons. The molecule has 2 heterocycles. The lowest BCUT2D eigenvalue weighted by Crippen LogP contribution is -2.56. The van der Waals surface area contributed by atoms with Gasteiger partial charge in [0.2, 0.25) is 0 Å². The highest BCUT2D eigenvalue weighted by Gasteiger charge is 2.46. The Labute approximate surface area is 119 Å². The molecule has 0 bridgehead atoms. The maximum absolute atomic E-state index is 14.5. The van der Waals surface area contributed by atoms with Crippen molar-refractivity contribution in [1.82, 2.24) is 4.90 Å². The van der Waals surface area contributed by atoms with E-state index in [9.17, 15) is 9.18 Å². The third-order valence-electron chi connectivity index (χ3n) is 3.78. The standard InChI is InChI=1S/C15H24FNO3/c1-14(2,3)20-13(18)17-9-8-15(12(16)11-17)7-5-4-6-10-19-15/h4,6,12H,5,7-11H2,1-3H3/t12-,15+/m0/s1. The van der Waals surface area contributed by atoms with Gasteiger partial charge in [0.25, 0.3) is 0 Å². The second-order valence-electron chi connectivity index (χ2n) is 6.53. The van der Waals surface area contributed by atoms with Crippen molar-refractivity contribution in [2.24, 2.45) is 0 Å². The van der Waals surface area contributed by atoms with Gasteiger partial charge in [-0.25, -0.2) is 9.18 Å². The molecule has 0 aliphatic carbocycles. The summed E-state index contributed by atoms with van der Waals surface area (Å²) < 4.78 is 25.6. The van der Waals surface area contributed by atoms with Crippen LogP contribution in [0.2, 0.25) is 0 Å². The molecular weight excluding hydrogens is 261 g/mol. The van der Waals surface area contributed by atoms with Crippen LogP contribution in [0.1, 0.15) is 40.0 Å². The van der Waals surface area contributed by atoms with Gasteiger partial charge >= 0.3 is 6.09 Å². The topological polar surface area (TPSA) is 38.8 Å². The Hall–Kier alpha value is -1.10. The van der Waals surface area contributed by atoms with Crippen LogP contribution < -0.4 is 0 Å². The molecule has 0 aromatic heterocycles. The Bertz CT molecular complexity index is 379. The van der Waals surface area contributed by atoms with Crippen molar-refractivity contribution in [2.75, 3.05) is 19.7 Å². The van der Waals surface area contributed by atoms with Crippen LogP contribution in [-0.4, -0.2) is 48.1 Å². The summed E-state index contributed by atoms with van der Waals surface area (Å²) in [6, 6.07) is 0. The van der Waals surface area contributed by atoms with E-state index in [4.69, 9.17) is 9.47 Å². The zero-order valence-electron chi connectivity index (χ0n) is 12.5.